The number of alkyl halides is 2. The van der Waals surface area contributed by atoms with Crippen molar-refractivity contribution in [3.8, 4) is 5.75 Å². The molecule has 2 aliphatic rings. The molecule has 1 aliphatic carbocycles. The smallest absolute Gasteiger partial charge is 0.401 e. The summed E-state index contributed by atoms with van der Waals surface area (Å²) in [6.45, 7) is 4.25. The van der Waals surface area contributed by atoms with Crippen molar-refractivity contribution in [2.75, 3.05) is 0 Å². The zero-order chi connectivity index (χ0) is 19.4. The molecule has 0 amide bonds. The van der Waals surface area contributed by atoms with Gasteiger partial charge in [-0.2, -0.15) is 8.78 Å². The highest BCUT2D eigenvalue weighted by Gasteiger charge is 2.47. The monoisotopic (exact) mass is 382 g/mol. The molecular weight excluding hydrogens is 349 g/mol. The van der Waals surface area contributed by atoms with Crippen LogP contribution >= 0.6 is 0 Å². The molecule has 1 saturated carbocycles. The number of ether oxygens (including phenoxy) is 1. The molecule has 1 nitrogen and oxygen atoms in total. The summed E-state index contributed by atoms with van der Waals surface area (Å²) >= 11 is 0. The fourth-order valence-electron chi connectivity index (χ4n) is 4.88. The Hall–Kier alpha value is -1.19. The third kappa shape index (κ3) is 4.63. The normalized spacial score (nSPS) is 27.1. The van der Waals surface area contributed by atoms with E-state index in [1.807, 2.05) is 12.1 Å². The summed E-state index contributed by atoms with van der Waals surface area (Å²) in [6, 6.07) is 3.66. The number of rotatable bonds is 7. The predicted octanol–water partition coefficient (Wildman–Crippen LogP) is 7.62. The van der Waals surface area contributed by atoms with Gasteiger partial charge in [0, 0.05) is 0 Å². The predicted molar refractivity (Wildman–Crippen MR) is 103 cm³/mol. The van der Waals surface area contributed by atoms with E-state index in [4.69, 9.17) is 4.74 Å². The van der Waals surface area contributed by atoms with Gasteiger partial charge in [0.2, 0.25) is 0 Å². The third-order valence-electron chi connectivity index (χ3n) is 6.53. The first kappa shape index (κ1) is 20.5. The lowest BCUT2D eigenvalue weighted by Gasteiger charge is -2.34. The van der Waals surface area contributed by atoms with Crippen LogP contribution in [0.3, 0.4) is 0 Å². The van der Waals surface area contributed by atoms with Crippen LogP contribution in [0.5, 0.6) is 5.75 Å². The highest BCUT2D eigenvalue weighted by molar-refractivity contribution is 5.43. The SMILES string of the molecule is CCCCCC1Cc2ccc(C3CCC(CCC)CC3)c(F)c2OC1(F)F. The minimum atomic E-state index is -3.28. The molecule has 1 atom stereocenters. The number of hydrogen-bond donors (Lipinski definition) is 0. The largest absolute Gasteiger partial charge is 0.429 e. The Morgan fingerprint density at radius 3 is 2.41 bits per heavy atom. The van der Waals surface area contributed by atoms with Crippen LogP contribution in [0.1, 0.15) is 95.1 Å². The molecule has 3 rings (SSSR count). The van der Waals surface area contributed by atoms with Gasteiger partial charge < -0.3 is 4.74 Å². The first-order chi connectivity index (χ1) is 13.0. The van der Waals surface area contributed by atoms with Gasteiger partial charge in [0.25, 0.3) is 0 Å². The fraction of sp³-hybridized carbons (Fsp3) is 0.739. The quantitative estimate of drug-likeness (QED) is 0.441. The minimum Gasteiger partial charge on any atom is -0.429 e. The lowest BCUT2D eigenvalue weighted by molar-refractivity contribution is -0.226. The minimum absolute atomic E-state index is 0.128. The van der Waals surface area contributed by atoms with Gasteiger partial charge in [-0.1, -0.05) is 58.1 Å². The van der Waals surface area contributed by atoms with Crippen LogP contribution in [0.4, 0.5) is 13.2 Å². The van der Waals surface area contributed by atoms with E-state index in [1.54, 1.807) is 0 Å². The number of hydrogen-bond acceptors (Lipinski definition) is 1. The van der Waals surface area contributed by atoms with Gasteiger partial charge in [0.15, 0.2) is 11.6 Å². The molecule has 0 N–H and O–H groups in total. The van der Waals surface area contributed by atoms with Crippen LogP contribution in [0, 0.1) is 17.7 Å². The summed E-state index contributed by atoms with van der Waals surface area (Å²) in [4.78, 5) is 0. The van der Waals surface area contributed by atoms with Gasteiger partial charge in [-0.3, -0.25) is 0 Å². The van der Waals surface area contributed by atoms with Crippen LogP contribution in [0.15, 0.2) is 12.1 Å². The molecule has 1 fully saturated rings. The van der Waals surface area contributed by atoms with Crippen LogP contribution in [0.2, 0.25) is 0 Å². The summed E-state index contributed by atoms with van der Waals surface area (Å²) < 4.78 is 49.0. The van der Waals surface area contributed by atoms with E-state index in [0.717, 1.165) is 50.9 Å². The van der Waals surface area contributed by atoms with Crippen LogP contribution in [-0.2, 0) is 6.42 Å². The van der Waals surface area contributed by atoms with Gasteiger partial charge in [-0.15, -0.1) is 0 Å². The van der Waals surface area contributed by atoms with E-state index in [1.165, 1.54) is 12.8 Å². The summed E-state index contributed by atoms with van der Waals surface area (Å²) in [5, 5.41) is 0. The summed E-state index contributed by atoms with van der Waals surface area (Å²) in [5.41, 5.74) is 1.17. The molecule has 1 aromatic rings. The van der Waals surface area contributed by atoms with Crippen molar-refractivity contribution < 1.29 is 17.9 Å². The number of fused-ring (bicyclic) bond motifs is 1. The lowest BCUT2D eigenvalue weighted by atomic mass is 9.76. The Morgan fingerprint density at radius 1 is 1.00 bits per heavy atom. The zero-order valence-corrected chi connectivity index (χ0v) is 16.7. The van der Waals surface area contributed by atoms with Crippen molar-refractivity contribution in [2.45, 2.75) is 96.5 Å². The molecule has 0 aromatic heterocycles. The van der Waals surface area contributed by atoms with Crippen molar-refractivity contribution in [3.05, 3.63) is 29.1 Å². The molecule has 1 unspecified atom stereocenters. The van der Waals surface area contributed by atoms with Crippen molar-refractivity contribution >= 4 is 0 Å². The van der Waals surface area contributed by atoms with Gasteiger partial charge in [-0.05, 0) is 61.5 Å². The molecule has 1 aromatic carbocycles. The molecular formula is C23H33F3O. The van der Waals surface area contributed by atoms with Crippen molar-refractivity contribution in [1.82, 2.24) is 0 Å². The molecule has 1 aliphatic heterocycles. The average molecular weight is 383 g/mol. The van der Waals surface area contributed by atoms with Gasteiger partial charge >= 0.3 is 6.11 Å². The highest BCUT2D eigenvalue weighted by Crippen LogP contribution is 2.46. The average Bonchev–Trinajstić information content (AvgIpc) is 2.64. The van der Waals surface area contributed by atoms with E-state index in [2.05, 4.69) is 13.8 Å². The molecule has 0 radical (unpaired) electrons. The van der Waals surface area contributed by atoms with Gasteiger partial charge in [0.1, 0.15) is 0 Å². The first-order valence-electron chi connectivity index (χ1n) is 10.8. The van der Waals surface area contributed by atoms with E-state index < -0.39 is 17.8 Å². The lowest BCUT2D eigenvalue weighted by Crippen LogP contribution is -2.40. The van der Waals surface area contributed by atoms with E-state index in [-0.39, 0.29) is 18.1 Å². The Labute approximate surface area is 161 Å². The summed E-state index contributed by atoms with van der Waals surface area (Å²) in [7, 11) is 0. The van der Waals surface area contributed by atoms with Crippen LogP contribution in [-0.4, -0.2) is 6.11 Å². The molecule has 4 heteroatoms. The third-order valence-corrected chi connectivity index (χ3v) is 6.53. The van der Waals surface area contributed by atoms with Gasteiger partial charge in [-0.25, -0.2) is 4.39 Å². The molecule has 1 heterocycles. The molecule has 0 spiro atoms. The van der Waals surface area contributed by atoms with E-state index in [9.17, 15) is 8.78 Å². The Morgan fingerprint density at radius 2 is 1.74 bits per heavy atom. The summed E-state index contributed by atoms with van der Waals surface area (Å²) in [5.74, 6) is -0.733. The maximum Gasteiger partial charge on any atom is 0.401 e. The molecule has 152 valence electrons. The van der Waals surface area contributed by atoms with E-state index in [0.29, 0.717) is 17.5 Å². The molecule has 0 saturated heterocycles. The second-order valence-corrected chi connectivity index (χ2v) is 8.52. The van der Waals surface area contributed by atoms with Crippen molar-refractivity contribution in [2.24, 2.45) is 11.8 Å². The Bertz CT molecular complexity index is 620. The van der Waals surface area contributed by atoms with Gasteiger partial charge in [0.05, 0.1) is 5.92 Å². The zero-order valence-electron chi connectivity index (χ0n) is 16.7. The number of benzene rings is 1. The fourth-order valence-corrected chi connectivity index (χ4v) is 4.88. The highest BCUT2D eigenvalue weighted by atomic mass is 19.3. The van der Waals surface area contributed by atoms with Crippen molar-refractivity contribution in [3.63, 3.8) is 0 Å². The second-order valence-electron chi connectivity index (χ2n) is 8.52. The maximum atomic E-state index is 15.1. The first-order valence-corrected chi connectivity index (χ1v) is 10.8. The number of unbranched alkanes of at least 4 members (excludes halogenated alkanes) is 2. The Balaban J connectivity index is 1.74. The van der Waals surface area contributed by atoms with Crippen LogP contribution in [0.25, 0.3) is 0 Å². The standard InChI is InChI=1S/C23H33F3O/c1-3-5-6-8-19-15-18-13-14-20(21(24)22(18)27-23(19,25)26)17-11-9-16(7-4-2)10-12-17/h13-14,16-17,19H,3-12,15H2,1-2H3. The topological polar surface area (TPSA) is 9.23 Å². The van der Waals surface area contributed by atoms with Crippen LogP contribution < -0.4 is 4.74 Å². The summed E-state index contributed by atoms with van der Waals surface area (Å²) in [6.07, 6.45) is 6.54. The van der Waals surface area contributed by atoms with Crippen molar-refractivity contribution in [1.29, 1.82) is 0 Å². The Kier molecular flexibility index (Phi) is 6.75. The molecule has 27 heavy (non-hydrogen) atoms. The number of halogens is 3. The molecule has 0 bridgehead atoms. The van der Waals surface area contributed by atoms with E-state index >= 15 is 4.39 Å². The maximum absolute atomic E-state index is 15.1. The second kappa shape index (κ2) is 8.87.